The second kappa shape index (κ2) is 10.7. The van der Waals surface area contributed by atoms with Crippen molar-refractivity contribution >= 4 is 44.8 Å². The number of benzene rings is 3. The smallest absolute Gasteiger partial charge is 0.418 e. The minimum atomic E-state index is -4.60. The second-order valence-electron chi connectivity index (χ2n) is 8.45. The van der Waals surface area contributed by atoms with Gasteiger partial charge in [-0.1, -0.05) is 36.4 Å². The van der Waals surface area contributed by atoms with Crippen LogP contribution >= 0.6 is 15.9 Å². The van der Waals surface area contributed by atoms with Crippen LogP contribution in [-0.2, 0) is 12.7 Å². The monoisotopic (exact) mass is 596 g/mol. The number of phenolic OH excluding ortho intramolecular Hbond substituents is 1. The van der Waals surface area contributed by atoms with Crippen molar-refractivity contribution in [2.75, 3.05) is 16.0 Å². The third-order valence-corrected chi connectivity index (χ3v) is 6.31. The zero-order valence-electron chi connectivity index (χ0n) is 20.0. The molecule has 4 N–H and O–H groups in total. The lowest BCUT2D eigenvalue weighted by molar-refractivity contribution is -0.136. The van der Waals surface area contributed by atoms with Crippen molar-refractivity contribution in [3.05, 3.63) is 101 Å². The van der Waals surface area contributed by atoms with Gasteiger partial charge >= 0.3 is 12.2 Å². The van der Waals surface area contributed by atoms with E-state index in [0.717, 1.165) is 11.6 Å². The Kier molecular flexibility index (Phi) is 7.11. The van der Waals surface area contributed by atoms with E-state index < -0.39 is 17.8 Å². The molecule has 39 heavy (non-hydrogen) atoms. The average Bonchev–Trinajstić information content (AvgIpc) is 3.28. The van der Waals surface area contributed by atoms with Gasteiger partial charge < -0.3 is 21.1 Å². The Balaban J connectivity index is 1.33. The van der Waals surface area contributed by atoms with Gasteiger partial charge in [0.15, 0.2) is 5.65 Å². The van der Waals surface area contributed by atoms with E-state index in [1.165, 1.54) is 18.2 Å². The first-order valence-electron chi connectivity index (χ1n) is 11.6. The van der Waals surface area contributed by atoms with Crippen molar-refractivity contribution in [1.29, 1.82) is 0 Å². The second-order valence-corrected chi connectivity index (χ2v) is 9.30. The Labute approximate surface area is 228 Å². The van der Waals surface area contributed by atoms with Crippen molar-refractivity contribution in [2.24, 2.45) is 0 Å². The number of hydrogen-bond acceptors (Lipinski definition) is 5. The number of aromatic nitrogens is 3. The Morgan fingerprint density at radius 1 is 0.974 bits per heavy atom. The number of aromatic hydroxyl groups is 1. The number of carbonyl (C=O) groups excluding carboxylic acids is 1. The maximum atomic E-state index is 13.2. The van der Waals surface area contributed by atoms with Crippen LogP contribution in [0.25, 0.3) is 16.9 Å². The van der Waals surface area contributed by atoms with Crippen molar-refractivity contribution in [3.63, 3.8) is 0 Å². The molecule has 2 aromatic heterocycles. The number of rotatable bonds is 6. The Morgan fingerprint density at radius 2 is 1.74 bits per heavy atom. The summed E-state index contributed by atoms with van der Waals surface area (Å²) in [5.74, 6) is 0.690. The number of fused-ring (bicyclic) bond motifs is 1. The molecule has 3 aromatic carbocycles. The number of alkyl halides is 3. The van der Waals surface area contributed by atoms with Gasteiger partial charge in [-0.2, -0.15) is 22.8 Å². The molecule has 0 spiro atoms. The molecule has 0 aliphatic heterocycles. The molecule has 198 valence electrons. The summed E-state index contributed by atoms with van der Waals surface area (Å²) in [5.41, 5.74) is 1.54. The van der Waals surface area contributed by atoms with Gasteiger partial charge in [-0.15, -0.1) is 0 Å². The van der Waals surface area contributed by atoms with Crippen LogP contribution in [0.3, 0.4) is 0 Å². The number of halogens is 4. The lowest BCUT2D eigenvalue weighted by Gasteiger charge is -2.15. The fraction of sp³-hybridized carbons (Fsp3) is 0.0741. The van der Waals surface area contributed by atoms with E-state index >= 15 is 0 Å². The minimum Gasteiger partial charge on any atom is -0.507 e. The zero-order valence-corrected chi connectivity index (χ0v) is 21.6. The average molecular weight is 597 g/mol. The zero-order chi connectivity index (χ0) is 27.6. The Morgan fingerprint density at radius 3 is 2.54 bits per heavy atom. The summed E-state index contributed by atoms with van der Waals surface area (Å²) in [6.45, 7) is 0.324. The first-order chi connectivity index (χ1) is 18.7. The van der Waals surface area contributed by atoms with Gasteiger partial charge in [0.2, 0.25) is 0 Å². The number of anilines is 3. The van der Waals surface area contributed by atoms with E-state index in [4.69, 9.17) is 0 Å². The van der Waals surface area contributed by atoms with E-state index in [2.05, 4.69) is 42.0 Å². The molecule has 0 radical (unpaired) electrons. The van der Waals surface area contributed by atoms with Crippen LogP contribution in [0.2, 0.25) is 0 Å². The summed E-state index contributed by atoms with van der Waals surface area (Å²) in [5, 5.41) is 22.8. The molecule has 0 saturated carbocycles. The highest BCUT2D eigenvalue weighted by Gasteiger charge is 2.33. The van der Waals surface area contributed by atoms with E-state index in [1.807, 2.05) is 6.07 Å². The quantitative estimate of drug-likeness (QED) is 0.167. The van der Waals surface area contributed by atoms with E-state index in [9.17, 15) is 23.1 Å². The van der Waals surface area contributed by atoms with Gasteiger partial charge in [-0.25, -0.2) is 9.78 Å². The van der Waals surface area contributed by atoms with Crippen LogP contribution in [0.4, 0.5) is 35.2 Å². The molecule has 0 saturated heterocycles. The molecule has 8 nitrogen and oxygen atoms in total. The summed E-state index contributed by atoms with van der Waals surface area (Å²) in [6, 6.07) is 19.5. The van der Waals surface area contributed by atoms with E-state index in [0.29, 0.717) is 39.4 Å². The van der Waals surface area contributed by atoms with Gasteiger partial charge in [0, 0.05) is 23.9 Å². The summed E-state index contributed by atoms with van der Waals surface area (Å²) in [7, 11) is 0. The molecule has 0 aliphatic rings. The maximum Gasteiger partial charge on any atom is 0.418 e. The van der Waals surface area contributed by atoms with Crippen LogP contribution < -0.4 is 16.0 Å². The highest BCUT2D eigenvalue weighted by atomic mass is 79.9. The molecular weight excluding hydrogens is 577 g/mol. The molecular formula is C27H20BrF3N6O2. The number of amides is 2. The number of nitrogens with zero attached hydrogens (tertiary/aromatic N) is 3. The number of urea groups is 1. The molecule has 12 heteroatoms. The van der Waals surface area contributed by atoms with Gasteiger partial charge in [0.1, 0.15) is 11.6 Å². The molecule has 0 atom stereocenters. The lowest BCUT2D eigenvalue weighted by Crippen LogP contribution is -2.22. The minimum absolute atomic E-state index is 0.0887. The molecule has 0 aliphatic carbocycles. The van der Waals surface area contributed by atoms with E-state index in [1.54, 1.807) is 59.2 Å². The van der Waals surface area contributed by atoms with Crippen molar-refractivity contribution in [3.8, 4) is 17.0 Å². The highest BCUT2D eigenvalue weighted by Crippen LogP contribution is 2.35. The molecule has 2 amide bonds. The van der Waals surface area contributed by atoms with Crippen LogP contribution in [0.1, 0.15) is 11.1 Å². The van der Waals surface area contributed by atoms with Crippen LogP contribution in [0, 0.1) is 0 Å². The van der Waals surface area contributed by atoms with Crippen LogP contribution in [-0.4, -0.2) is 25.7 Å². The normalized spacial score (nSPS) is 11.4. The molecule has 5 rings (SSSR count). The molecule has 0 bridgehead atoms. The summed E-state index contributed by atoms with van der Waals surface area (Å²) in [4.78, 5) is 17.1. The predicted octanol–water partition coefficient (Wildman–Crippen LogP) is 7.14. The predicted molar refractivity (Wildman–Crippen MR) is 146 cm³/mol. The first-order valence-corrected chi connectivity index (χ1v) is 12.4. The Hall–Kier alpha value is -4.58. The number of nitrogens with one attached hydrogen (secondary N) is 3. The van der Waals surface area contributed by atoms with Gasteiger partial charge in [-0.3, -0.25) is 0 Å². The SMILES string of the molecule is O=C(Nc1cccc(CNc2cc(-c3ccccc3O)nc3c(Br)cnn23)c1)Nc1ccccc1C(F)(F)F. The number of hydrogen-bond donors (Lipinski definition) is 4. The Bertz CT molecular complexity index is 1670. The molecule has 0 unspecified atom stereocenters. The highest BCUT2D eigenvalue weighted by molar-refractivity contribution is 9.10. The summed E-state index contributed by atoms with van der Waals surface area (Å²) >= 11 is 3.45. The van der Waals surface area contributed by atoms with Gasteiger partial charge in [0.25, 0.3) is 0 Å². The van der Waals surface area contributed by atoms with Crippen molar-refractivity contribution in [2.45, 2.75) is 12.7 Å². The number of phenols is 1. The maximum absolute atomic E-state index is 13.2. The molecule has 2 heterocycles. The lowest BCUT2D eigenvalue weighted by atomic mass is 10.1. The van der Waals surface area contributed by atoms with Gasteiger partial charge in [0.05, 0.1) is 27.6 Å². The third-order valence-electron chi connectivity index (χ3n) is 5.75. The third kappa shape index (κ3) is 5.80. The van der Waals surface area contributed by atoms with Crippen LogP contribution in [0.5, 0.6) is 5.75 Å². The first kappa shape index (κ1) is 26.0. The number of carbonyl (C=O) groups is 1. The largest absolute Gasteiger partial charge is 0.507 e. The van der Waals surface area contributed by atoms with Crippen LogP contribution in [0.15, 0.2) is 89.5 Å². The van der Waals surface area contributed by atoms with Gasteiger partial charge in [-0.05, 0) is 57.9 Å². The van der Waals surface area contributed by atoms with Crippen molar-refractivity contribution in [1.82, 2.24) is 14.6 Å². The summed E-state index contributed by atoms with van der Waals surface area (Å²) < 4.78 is 42.0. The number of para-hydroxylation sites is 2. The summed E-state index contributed by atoms with van der Waals surface area (Å²) in [6.07, 6.45) is -2.99. The molecule has 5 aromatic rings. The van der Waals surface area contributed by atoms with Crippen molar-refractivity contribution < 1.29 is 23.1 Å². The van der Waals surface area contributed by atoms with E-state index in [-0.39, 0.29) is 11.4 Å². The standard InChI is InChI=1S/C27H20BrF3N6O2/c28-20-15-33-37-24(13-22(35-25(20)37)18-8-1-4-11-23(18)38)32-14-16-6-5-7-17(12-16)34-26(39)36-21-10-3-2-9-19(21)27(29,30)31/h1-13,15,32,38H,14H2,(H2,34,36,39). The fourth-order valence-electron chi connectivity index (χ4n) is 3.97. The molecule has 0 fully saturated rings. The fourth-order valence-corrected chi connectivity index (χ4v) is 4.31. The topological polar surface area (TPSA) is 104 Å².